The molecule has 0 saturated carbocycles. The largest absolute Gasteiger partial charge is 0.545 e. The van der Waals surface area contributed by atoms with E-state index >= 15 is 0 Å². The number of carbonyl (C=O) groups is 1. The number of aliphatic imine (C=N–C) groups is 1. The van der Waals surface area contributed by atoms with E-state index in [2.05, 4.69) is 4.99 Å². The molecule has 21 heavy (non-hydrogen) atoms. The van der Waals surface area contributed by atoms with Gasteiger partial charge in [-0.2, -0.15) is 0 Å². The van der Waals surface area contributed by atoms with E-state index in [4.69, 9.17) is 4.74 Å². The highest BCUT2D eigenvalue weighted by atomic mass is 16.5. The highest BCUT2D eigenvalue weighted by Gasteiger charge is 1.92. The predicted molar refractivity (Wildman–Crippen MR) is 80.7 cm³/mol. The van der Waals surface area contributed by atoms with Gasteiger partial charge in [-0.05, 0) is 53.6 Å². The van der Waals surface area contributed by atoms with Crippen LogP contribution in [-0.2, 0) is 4.79 Å². The molecule has 2 aromatic rings. The molecular formula is C17H14NO3-. The summed E-state index contributed by atoms with van der Waals surface area (Å²) in [4.78, 5) is 14.7. The minimum Gasteiger partial charge on any atom is -0.545 e. The quantitative estimate of drug-likeness (QED) is 0.623. The first kappa shape index (κ1) is 14.5. The van der Waals surface area contributed by atoms with E-state index in [-0.39, 0.29) is 0 Å². The van der Waals surface area contributed by atoms with Crippen LogP contribution in [0.5, 0.6) is 5.75 Å². The van der Waals surface area contributed by atoms with Crippen molar-refractivity contribution in [1.29, 1.82) is 0 Å². The number of nitrogens with zero attached hydrogens (tertiary/aromatic N) is 1. The van der Waals surface area contributed by atoms with Crippen LogP contribution in [0.4, 0.5) is 5.69 Å². The summed E-state index contributed by atoms with van der Waals surface area (Å²) >= 11 is 0. The lowest BCUT2D eigenvalue weighted by Gasteiger charge is -1.99. The average molecular weight is 280 g/mol. The zero-order valence-electron chi connectivity index (χ0n) is 11.5. The van der Waals surface area contributed by atoms with Gasteiger partial charge in [0.15, 0.2) is 0 Å². The number of ether oxygens (including phenoxy) is 1. The Balaban J connectivity index is 2.05. The summed E-state index contributed by atoms with van der Waals surface area (Å²) in [6, 6.07) is 14.8. The van der Waals surface area contributed by atoms with Gasteiger partial charge in [0.2, 0.25) is 0 Å². The second kappa shape index (κ2) is 7.05. The molecular weight excluding hydrogens is 266 g/mol. The van der Waals surface area contributed by atoms with Crippen LogP contribution < -0.4 is 9.84 Å². The number of carboxylic acids is 1. The number of hydrogen-bond donors (Lipinski definition) is 0. The molecule has 2 rings (SSSR count). The Morgan fingerprint density at radius 1 is 1.05 bits per heavy atom. The SMILES string of the molecule is COc1ccc(C=Nc2ccc(C=CC(=O)[O-])cc2)cc1. The monoisotopic (exact) mass is 280 g/mol. The van der Waals surface area contributed by atoms with Crippen molar-refractivity contribution >= 4 is 23.9 Å². The smallest absolute Gasteiger partial charge is 0.118 e. The molecule has 2 aromatic carbocycles. The first-order valence-electron chi connectivity index (χ1n) is 6.34. The van der Waals surface area contributed by atoms with Crippen molar-refractivity contribution in [3.05, 3.63) is 65.7 Å². The predicted octanol–water partition coefficient (Wildman–Crippen LogP) is 2.21. The van der Waals surface area contributed by atoms with Crippen LogP contribution in [0.1, 0.15) is 11.1 Å². The Morgan fingerprint density at radius 2 is 1.67 bits per heavy atom. The van der Waals surface area contributed by atoms with Crippen molar-refractivity contribution in [2.45, 2.75) is 0 Å². The normalized spacial score (nSPS) is 11.1. The molecule has 0 radical (unpaired) electrons. The molecule has 0 bridgehead atoms. The lowest BCUT2D eigenvalue weighted by Crippen LogP contribution is -2.18. The zero-order chi connectivity index (χ0) is 15.1. The van der Waals surface area contributed by atoms with Gasteiger partial charge >= 0.3 is 0 Å². The van der Waals surface area contributed by atoms with Crippen LogP contribution >= 0.6 is 0 Å². The van der Waals surface area contributed by atoms with Gasteiger partial charge in [0.1, 0.15) is 5.75 Å². The number of methoxy groups -OCH3 is 1. The molecule has 0 saturated heterocycles. The molecule has 4 nitrogen and oxygen atoms in total. The summed E-state index contributed by atoms with van der Waals surface area (Å²) in [5, 5.41) is 10.3. The number of benzene rings is 2. The highest BCUT2D eigenvalue weighted by Crippen LogP contribution is 2.15. The van der Waals surface area contributed by atoms with Gasteiger partial charge in [0.25, 0.3) is 0 Å². The molecule has 4 heteroatoms. The second-order valence-corrected chi connectivity index (χ2v) is 4.28. The zero-order valence-corrected chi connectivity index (χ0v) is 11.5. The van der Waals surface area contributed by atoms with Crippen LogP contribution in [0.15, 0.2) is 59.6 Å². The van der Waals surface area contributed by atoms with E-state index in [1.807, 2.05) is 36.4 Å². The molecule has 0 spiro atoms. The van der Waals surface area contributed by atoms with Crippen molar-refractivity contribution < 1.29 is 14.6 Å². The minimum absolute atomic E-state index is 0.780. The summed E-state index contributed by atoms with van der Waals surface area (Å²) in [6.45, 7) is 0. The number of carboxylic acid groups (broad SMARTS) is 1. The molecule has 0 aliphatic carbocycles. The first-order chi connectivity index (χ1) is 10.2. The molecule has 0 fully saturated rings. The third-order valence-corrected chi connectivity index (χ3v) is 2.78. The molecule has 0 amide bonds. The molecule has 0 aliphatic rings. The number of carbonyl (C=O) groups excluding carboxylic acids is 1. The first-order valence-corrected chi connectivity index (χ1v) is 6.34. The van der Waals surface area contributed by atoms with E-state index < -0.39 is 5.97 Å². The Hall–Kier alpha value is -2.88. The lowest BCUT2D eigenvalue weighted by molar-refractivity contribution is -0.297. The molecule has 0 atom stereocenters. The van der Waals surface area contributed by atoms with Gasteiger partial charge in [0, 0.05) is 6.21 Å². The maximum atomic E-state index is 10.3. The summed E-state index contributed by atoms with van der Waals surface area (Å²) in [6.07, 6.45) is 4.23. The highest BCUT2D eigenvalue weighted by molar-refractivity contribution is 5.84. The molecule has 0 heterocycles. The third-order valence-electron chi connectivity index (χ3n) is 2.78. The van der Waals surface area contributed by atoms with Crippen molar-refractivity contribution in [2.24, 2.45) is 4.99 Å². The summed E-state index contributed by atoms with van der Waals surface area (Å²) in [7, 11) is 1.62. The van der Waals surface area contributed by atoms with E-state index in [0.717, 1.165) is 28.6 Å². The summed E-state index contributed by atoms with van der Waals surface area (Å²) in [5.74, 6) is -0.409. The Bertz CT molecular complexity index is 655. The fourth-order valence-corrected chi connectivity index (χ4v) is 1.67. The van der Waals surface area contributed by atoms with Crippen LogP contribution in [0, 0.1) is 0 Å². The fourth-order valence-electron chi connectivity index (χ4n) is 1.67. The summed E-state index contributed by atoms with van der Waals surface area (Å²) < 4.78 is 5.09. The standard InChI is InChI=1S/C17H15NO3/c1-21-16-9-4-14(5-10-16)12-18-15-7-2-13(3-8-15)6-11-17(19)20/h2-12H,1H3,(H,19,20)/p-1. The molecule has 0 N–H and O–H groups in total. The van der Waals surface area contributed by atoms with E-state index in [9.17, 15) is 9.90 Å². The van der Waals surface area contributed by atoms with Gasteiger partial charge in [-0.25, -0.2) is 0 Å². The molecule has 0 unspecified atom stereocenters. The van der Waals surface area contributed by atoms with Crippen LogP contribution in [-0.4, -0.2) is 19.3 Å². The number of rotatable bonds is 5. The third kappa shape index (κ3) is 4.62. The van der Waals surface area contributed by atoms with Crippen molar-refractivity contribution in [3.63, 3.8) is 0 Å². The minimum atomic E-state index is -1.21. The number of aliphatic carboxylic acids is 1. The van der Waals surface area contributed by atoms with E-state index in [1.165, 1.54) is 6.08 Å². The van der Waals surface area contributed by atoms with Crippen LogP contribution in [0.25, 0.3) is 6.08 Å². The van der Waals surface area contributed by atoms with Gasteiger partial charge in [-0.1, -0.05) is 18.2 Å². The van der Waals surface area contributed by atoms with Gasteiger partial charge in [-0.3, -0.25) is 4.99 Å². The van der Waals surface area contributed by atoms with E-state index in [1.54, 1.807) is 25.5 Å². The van der Waals surface area contributed by atoms with E-state index in [0.29, 0.717) is 0 Å². The number of hydrogen-bond acceptors (Lipinski definition) is 4. The average Bonchev–Trinajstić information content (AvgIpc) is 2.52. The van der Waals surface area contributed by atoms with Gasteiger partial charge in [0.05, 0.1) is 18.8 Å². The van der Waals surface area contributed by atoms with Gasteiger partial charge < -0.3 is 14.6 Å². The topological polar surface area (TPSA) is 61.7 Å². The van der Waals surface area contributed by atoms with Gasteiger partial charge in [-0.15, -0.1) is 0 Å². The maximum absolute atomic E-state index is 10.3. The Labute approximate surface area is 123 Å². The molecule has 106 valence electrons. The fraction of sp³-hybridized carbons (Fsp3) is 0.0588. The van der Waals surface area contributed by atoms with Crippen molar-refractivity contribution in [2.75, 3.05) is 7.11 Å². The van der Waals surface area contributed by atoms with Crippen LogP contribution in [0.2, 0.25) is 0 Å². The Kier molecular flexibility index (Phi) is 4.88. The Morgan fingerprint density at radius 3 is 2.24 bits per heavy atom. The second-order valence-electron chi connectivity index (χ2n) is 4.28. The molecule has 0 aromatic heterocycles. The maximum Gasteiger partial charge on any atom is 0.118 e. The van der Waals surface area contributed by atoms with Crippen LogP contribution in [0.3, 0.4) is 0 Å². The summed E-state index contributed by atoms with van der Waals surface area (Å²) in [5.41, 5.74) is 2.54. The van der Waals surface area contributed by atoms with Crippen molar-refractivity contribution in [1.82, 2.24) is 0 Å². The molecule has 0 aliphatic heterocycles. The lowest BCUT2D eigenvalue weighted by atomic mass is 10.2. The van der Waals surface area contributed by atoms with Crippen molar-refractivity contribution in [3.8, 4) is 5.75 Å².